The van der Waals surface area contributed by atoms with E-state index in [1.54, 1.807) is 0 Å². The van der Waals surface area contributed by atoms with E-state index in [1.807, 2.05) is 13.8 Å². The van der Waals surface area contributed by atoms with Gasteiger partial charge >= 0.3 is 0 Å². The van der Waals surface area contributed by atoms with Gasteiger partial charge in [-0.05, 0) is 13.8 Å². The fourth-order valence-corrected chi connectivity index (χ4v) is 2.64. The molecule has 0 aromatic rings. The maximum atomic E-state index is 5.92. The molecule has 0 saturated heterocycles. The fourth-order valence-electron chi connectivity index (χ4n) is 1.10. The molecule has 12 heavy (non-hydrogen) atoms. The van der Waals surface area contributed by atoms with E-state index in [-0.39, 0.29) is 0 Å². The summed E-state index contributed by atoms with van der Waals surface area (Å²) >= 11 is 0. The van der Waals surface area contributed by atoms with Gasteiger partial charge in [0.2, 0.25) is 0 Å². The van der Waals surface area contributed by atoms with Crippen molar-refractivity contribution in [3.05, 3.63) is 0 Å². The standard InChI is InChI=1S/C8H21NO2Si/c1-4-7-12-8(9,10-5-2)11-6-3/h4-7,9,12H2,1-3H3. The van der Waals surface area contributed by atoms with Crippen molar-refractivity contribution in [1.29, 1.82) is 0 Å². The van der Waals surface area contributed by atoms with Gasteiger partial charge in [0.25, 0.3) is 0 Å². The van der Waals surface area contributed by atoms with E-state index < -0.39 is 15.1 Å². The topological polar surface area (TPSA) is 44.5 Å². The van der Waals surface area contributed by atoms with Gasteiger partial charge in [0, 0.05) is 13.2 Å². The van der Waals surface area contributed by atoms with Crippen molar-refractivity contribution in [1.82, 2.24) is 0 Å². The van der Waals surface area contributed by atoms with Crippen LogP contribution in [0.1, 0.15) is 27.2 Å². The number of ether oxygens (including phenoxy) is 2. The van der Waals surface area contributed by atoms with Crippen LogP contribution in [0.2, 0.25) is 6.04 Å². The minimum absolute atomic E-state index is 0.460. The second kappa shape index (κ2) is 6.60. The lowest BCUT2D eigenvalue weighted by atomic mass is 10.6. The summed E-state index contributed by atoms with van der Waals surface area (Å²) in [6.45, 7) is 7.31. The maximum absolute atomic E-state index is 5.92. The van der Waals surface area contributed by atoms with Crippen molar-refractivity contribution in [2.45, 2.75) is 38.8 Å². The van der Waals surface area contributed by atoms with Gasteiger partial charge in [-0.25, -0.2) is 0 Å². The van der Waals surface area contributed by atoms with E-state index in [4.69, 9.17) is 15.2 Å². The average Bonchev–Trinajstić information content (AvgIpc) is 2.02. The van der Waals surface area contributed by atoms with Crippen LogP contribution in [0.25, 0.3) is 0 Å². The van der Waals surface area contributed by atoms with Gasteiger partial charge in [-0.3, -0.25) is 5.73 Å². The first kappa shape index (κ1) is 12.1. The second-order valence-electron chi connectivity index (χ2n) is 2.78. The third kappa shape index (κ3) is 4.87. The second-order valence-corrected chi connectivity index (χ2v) is 4.97. The highest BCUT2D eigenvalue weighted by atomic mass is 28.2. The van der Waals surface area contributed by atoms with E-state index in [0.29, 0.717) is 13.2 Å². The highest BCUT2D eigenvalue weighted by Crippen LogP contribution is 2.06. The Morgan fingerprint density at radius 2 is 1.67 bits per heavy atom. The highest BCUT2D eigenvalue weighted by molar-refractivity contribution is 6.38. The minimum atomic E-state index is -0.709. The fraction of sp³-hybridized carbons (Fsp3) is 1.00. The molecule has 0 saturated carbocycles. The van der Waals surface area contributed by atoms with Crippen LogP contribution in [0.4, 0.5) is 0 Å². The SMILES string of the molecule is CCC[SiH2]C(N)(OCC)OCC. The van der Waals surface area contributed by atoms with Crippen LogP contribution in [-0.4, -0.2) is 28.3 Å². The molecule has 74 valence electrons. The molecule has 0 aliphatic heterocycles. The first-order valence-corrected chi connectivity index (χ1v) is 6.46. The molecule has 3 nitrogen and oxygen atoms in total. The molecule has 0 rings (SSSR count). The van der Waals surface area contributed by atoms with E-state index in [1.165, 1.54) is 12.5 Å². The van der Waals surface area contributed by atoms with Crippen LogP contribution in [0, 0.1) is 0 Å². The number of hydrogen-bond acceptors (Lipinski definition) is 3. The Balaban J connectivity index is 3.80. The Kier molecular flexibility index (Phi) is 6.65. The normalized spacial score (nSPS) is 13.0. The smallest absolute Gasteiger partial charge is 0.195 e. The van der Waals surface area contributed by atoms with Gasteiger partial charge in [-0.2, -0.15) is 0 Å². The largest absolute Gasteiger partial charge is 0.342 e. The Morgan fingerprint density at radius 1 is 1.17 bits per heavy atom. The summed E-state index contributed by atoms with van der Waals surface area (Å²) in [6.07, 6.45) is 1.17. The van der Waals surface area contributed by atoms with Crippen LogP contribution >= 0.6 is 0 Å². The summed E-state index contributed by atoms with van der Waals surface area (Å²) in [4.78, 5) is 0. The van der Waals surface area contributed by atoms with Crippen molar-refractivity contribution < 1.29 is 9.47 Å². The number of nitrogens with two attached hydrogens (primary N) is 1. The van der Waals surface area contributed by atoms with E-state index in [9.17, 15) is 0 Å². The zero-order valence-electron chi connectivity index (χ0n) is 8.43. The van der Waals surface area contributed by atoms with Crippen molar-refractivity contribution in [2.24, 2.45) is 5.73 Å². The first-order valence-electron chi connectivity index (χ1n) is 4.75. The van der Waals surface area contributed by atoms with Gasteiger partial charge in [0.05, 0.1) is 0 Å². The molecule has 0 aliphatic carbocycles. The van der Waals surface area contributed by atoms with Crippen molar-refractivity contribution in [2.75, 3.05) is 13.2 Å². The molecular formula is C8H21NO2Si. The Hall–Kier alpha value is 0.0969. The third-order valence-electron chi connectivity index (χ3n) is 1.66. The van der Waals surface area contributed by atoms with Gasteiger partial charge in [-0.1, -0.05) is 19.4 Å². The predicted octanol–water partition coefficient (Wildman–Crippen LogP) is 0.626. The average molecular weight is 191 g/mol. The van der Waals surface area contributed by atoms with Crippen LogP contribution in [-0.2, 0) is 9.47 Å². The summed E-state index contributed by atoms with van der Waals surface area (Å²) in [7, 11) is -0.460. The molecule has 2 N–H and O–H groups in total. The van der Waals surface area contributed by atoms with Crippen LogP contribution in [0.3, 0.4) is 0 Å². The Bertz CT molecular complexity index is 105. The van der Waals surface area contributed by atoms with E-state index in [0.717, 1.165) is 0 Å². The molecule has 0 radical (unpaired) electrons. The molecule has 0 atom stereocenters. The molecule has 0 unspecified atom stereocenters. The summed E-state index contributed by atoms with van der Waals surface area (Å²) in [5.74, 6) is 0. The predicted molar refractivity (Wildman–Crippen MR) is 53.8 cm³/mol. The van der Waals surface area contributed by atoms with Crippen LogP contribution in [0.15, 0.2) is 0 Å². The molecule has 0 bridgehead atoms. The maximum Gasteiger partial charge on any atom is 0.195 e. The molecule has 4 heteroatoms. The highest BCUT2D eigenvalue weighted by Gasteiger charge is 2.24. The molecule has 0 aliphatic rings. The summed E-state index contributed by atoms with van der Waals surface area (Å²) in [5, 5.41) is 0. The Morgan fingerprint density at radius 3 is 2.00 bits per heavy atom. The van der Waals surface area contributed by atoms with Gasteiger partial charge in [0.1, 0.15) is 9.52 Å². The molecule has 0 amide bonds. The summed E-state index contributed by atoms with van der Waals surface area (Å²) < 4.78 is 10.8. The quantitative estimate of drug-likeness (QED) is 0.474. The van der Waals surface area contributed by atoms with Crippen LogP contribution in [0.5, 0.6) is 0 Å². The zero-order valence-corrected chi connectivity index (χ0v) is 9.84. The van der Waals surface area contributed by atoms with E-state index in [2.05, 4.69) is 6.92 Å². The zero-order chi connectivity index (χ0) is 9.45. The third-order valence-corrected chi connectivity index (χ3v) is 3.82. The molecule has 0 spiro atoms. The lowest BCUT2D eigenvalue weighted by Gasteiger charge is -2.28. The summed E-state index contributed by atoms with van der Waals surface area (Å²) in [6, 6.07) is 1.18. The summed E-state index contributed by atoms with van der Waals surface area (Å²) in [5.41, 5.74) is 5.21. The molecule has 0 heterocycles. The number of rotatable bonds is 7. The van der Waals surface area contributed by atoms with Crippen LogP contribution < -0.4 is 5.73 Å². The Labute approximate surface area is 77.4 Å². The molecular weight excluding hydrogens is 170 g/mol. The van der Waals surface area contributed by atoms with Crippen molar-refractivity contribution in [3.8, 4) is 0 Å². The monoisotopic (exact) mass is 191 g/mol. The van der Waals surface area contributed by atoms with Gasteiger partial charge in [0.15, 0.2) is 5.53 Å². The minimum Gasteiger partial charge on any atom is -0.342 e. The van der Waals surface area contributed by atoms with Crippen molar-refractivity contribution in [3.63, 3.8) is 0 Å². The van der Waals surface area contributed by atoms with E-state index >= 15 is 0 Å². The first-order chi connectivity index (χ1) is 5.68. The number of hydrogen-bond donors (Lipinski definition) is 1. The van der Waals surface area contributed by atoms with Gasteiger partial charge < -0.3 is 9.47 Å². The molecule has 0 fully saturated rings. The lowest BCUT2D eigenvalue weighted by Crippen LogP contribution is -2.51. The molecule has 0 aromatic heterocycles. The van der Waals surface area contributed by atoms with Gasteiger partial charge in [-0.15, -0.1) is 0 Å². The van der Waals surface area contributed by atoms with Crippen molar-refractivity contribution >= 4 is 9.52 Å². The lowest BCUT2D eigenvalue weighted by molar-refractivity contribution is -0.171. The molecule has 0 aromatic carbocycles.